The highest BCUT2D eigenvalue weighted by Gasteiger charge is 2.30. The molecule has 2 N–H and O–H groups in total. The second-order valence-electron chi connectivity index (χ2n) is 5.77. The predicted molar refractivity (Wildman–Crippen MR) is 92.7 cm³/mol. The second kappa shape index (κ2) is 8.17. The van der Waals surface area contributed by atoms with E-state index in [0.29, 0.717) is 31.5 Å². The molecule has 0 radical (unpaired) electrons. The van der Waals surface area contributed by atoms with Gasteiger partial charge in [0.15, 0.2) is 0 Å². The van der Waals surface area contributed by atoms with Crippen LogP contribution in [0.2, 0.25) is 0 Å². The van der Waals surface area contributed by atoms with Crippen LogP contribution < -0.4 is 5.32 Å². The third-order valence-corrected chi connectivity index (χ3v) is 5.45. The number of aliphatic carboxylic acids is 1. The zero-order valence-corrected chi connectivity index (χ0v) is 15.5. The highest BCUT2D eigenvalue weighted by molar-refractivity contribution is 7.18. The zero-order chi connectivity index (χ0) is 19.4. The van der Waals surface area contributed by atoms with Crippen LogP contribution in [0.25, 0.3) is 0 Å². The first kappa shape index (κ1) is 19.7. The Balaban J connectivity index is 2.20. The maximum Gasteiger partial charge on any atom is 0.348 e. The number of urea groups is 1. The van der Waals surface area contributed by atoms with E-state index in [2.05, 4.69) is 5.32 Å². The lowest BCUT2D eigenvalue weighted by molar-refractivity contribution is -0.143. The Kier molecular flexibility index (Phi) is 6.19. The normalized spacial score (nSPS) is 14.7. The van der Waals surface area contributed by atoms with Gasteiger partial charge in [-0.3, -0.25) is 10.1 Å². The number of rotatable bonds is 4. The molecule has 1 saturated heterocycles. The number of carboxylic acid groups (broad SMARTS) is 1. The lowest BCUT2D eigenvalue weighted by atomic mass is 9.97. The zero-order valence-electron chi connectivity index (χ0n) is 14.7. The van der Waals surface area contributed by atoms with Gasteiger partial charge in [-0.2, -0.15) is 0 Å². The first-order valence-electron chi connectivity index (χ1n) is 7.88. The van der Waals surface area contributed by atoms with Crippen LogP contribution >= 0.6 is 11.3 Å². The minimum atomic E-state index is -0.866. The van der Waals surface area contributed by atoms with Crippen LogP contribution in [0, 0.1) is 12.8 Å². The largest absolute Gasteiger partial charge is 0.481 e. The molecule has 26 heavy (non-hydrogen) atoms. The number of carboxylic acids is 1. The van der Waals surface area contributed by atoms with Gasteiger partial charge in [0.1, 0.15) is 9.88 Å². The smallest absolute Gasteiger partial charge is 0.348 e. The lowest BCUT2D eigenvalue weighted by Crippen LogP contribution is -2.42. The quantitative estimate of drug-likeness (QED) is 0.761. The number of methoxy groups -OCH3 is 2. The number of nitrogens with one attached hydrogen (secondary N) is 1. The van der Waals surface area contributed by atoms with Crippen LogP contribution in [0.15, 0.2) is 0 Å². The number of anilines is 1. The molecule has 0 saturated carbocycles. The number of nitrogens with zero attached hydrogens (tertiary/aromatic N) is 1. The highest BCUT2D eigenvalue weighted by Crippen LogP contribution is 2.34. The van der Waals surface area contributed by atoms with E-state index in [9.17, 15) is 19.2 Å². The predicted octanol–water partition coefficient (Wildman–Crippen LogP) is 1.96. The van der Waals surface area contributed by atoms with Gasteiger partial charge in [0, 0.05) is 13.1 Å². The molecule has 0 spiro atoms. The standard InChI is InChI=1S/C16H20N2O7S/c1-8-10(14(21)24-2)12(26-11(8)15(22)25-3)17-16(23)18-6-4-9(5-7-18)13(19)20/h9H,4-7H2,1-3H3,(H,17,23)(H,19,20). The molecule has 2 amide bonds. The summed E-state index contributed by atoms with van der Waals surface area (Å²) in [5.74, 6) is -2.61. The van der Waals surface area contributed by atoms with Crippen molar-refractivity contribution in [3.8, 4) is 0 Å². The molecule has 0 atom stereocenters. The Morgan fingerprint density at radius 3 is 2.19 bits per heavy atom. The summed E-state index contributed by atoms with van der Waals surface area (Å²) in [6.07, 6.45) is 0.729. The summed E-state index contributed by atoms with van der Waals surface area (Å²) < 4.78 is 9.43. The Morgan fingerprint density at radius 2 is 1.69 bits per heavy atom. The molecular formula is C16H20N2O7S. The number of likely N-dealkylation sites (tertiary alicyclic amines) is 1. The van der Waals surface area contributed by atoms with Crippen LogP contribution in [0.1, 0.15) is 38.4 Å². The van der Waals surface area contributed by atoms with Crippen molar-refractivity contribution in [1.82, 2.24) is 4.90 Å². The maximum absolute atomic E-state index is 12.5. The molecule has 1 aliphatic heterocycles. The minimum absolute atomic E-state index is 0.103. The number of amides is 2. The van der Waals surface area contributed by atoms with Gasteiger partial charge in [-0.05, 0) is 25.3 Å². The Hall–Kier alpha value is -2.62. The number of hydrogen-bond acceptors (Lipinski definition) is 7. The van der Waals surface area contributed by atoms with Gasteiger partial charge in [0.05, 0.1) is 25.7 Å². The number of esters is 2. The number of carbonyl (C=O) groups excluding carboxylic acids is 3. The average molecular weight is 384 g/mol. The van der Waals surface area contributed by atoms with Gasteiger partial charge in [0.2, 0.25) is 0 Å². The molecule has 0 bridgehead atoms. The van der Waals surface area contributed by atoms with Gasteiger partial charge in [0.25, 0.3) is 0 Å². The molecule has 1 aromatic rings. The van der Waals surface area contributed by atoms with Crippen LogP contribution in [-0.2, 0) is 14.3 Å². The number of hydrogen-bond donors (Lipinski definition) is 2. The monoisotopic (exact) mass is 384 g/mol. The van der Waals surface area contributed by atoms with E-state index in [1.807, 2.05) is 0 Å². The first-order valence-corrected chi connectivity index (χ1v) is 8.70. The summed E-state index contributed by atoms with van der Waals surface area (Å²) in [6.45, 7) is 2.16. The van der Waals surface area contributed by atoms with E-state index < -0.39 is 29.9 Å². The topological polar surface area (TPSA) is 122 Å². The number of carbonyl (C=O) groups is 4. The molecule has 0 aromatic carbocycles. The lowest BCUT2D eigenvalue weighted by Gasteiger charge is -2.30. The molecule has 0 aliphatic carbocycles. The Bertz CT molecular complexity index is 735. The summed E-state index contributed by atoms with van der Waals surface area (Å²) in [4.78, 5) is 49.1. The van der Waals surface area contributed by atoms with Crippen molar-refractivity contribution in [3.63, 3.8) is 0 Å². The molecule has 2 rings (SSSR count). The van der Waals surface area contributed by atoms with E-state index >= 15 is 0 Å². The molecule has 1 fully saturated rings. The highest BCUT2D eigenvalue weighted by atomic mass is 32.1. The summed E-state index contributed by atoms with van der Waals surface area (Å²) >= 11 is 0.932. The van der Waals surface area contributed by atoms with Gasteiger partial charge in [-0.1, -0.05) is 0 Å². The van der Waals surface area contributed by atoms with E-state index in [4.69, 9.17) is 14.6 Å². The summed E-state index contributed by atoms with van der Waals surface area (Å²) in [6, 6.07) is -0.461. The molecule has 0 unspecified atom stereocenters. The average Bonchev–Trinajstić information content (AvgIpc) is 2.96. The van der Waals surface area contributed by atoms with Crippen LogP contribution in [0.3, 0.4) is 0 Å². The third kappa shape index (κ3) is 3.96. The molecular weight excluding hydrogens is 364 g/mol. The van der Waals surface area contributed by atoms with Gasteiger partial charge >= 0.3 is 23.9 Å². The van der Waals surface area contributed by atoms with E-state index in [-0.39, 0.29) is 15.4 Å². The fourth-order valence-electron chi connectivity index (χ4n) is 2.74. The molecule has 10 heteroatoms. The number of thiophene rings is 1. The molecule has 2 heterocycles. The van der Waals surface area contributed by atoms with Gasteiger partial charge in [-0.25, -0.2) is 14.4 Å². The van der Waals surface area contributed by atoms with Crippen molar-refractivity contribution in [3.05, 3.63) is 16.0 Å². The van der Waals surface area contributed by atoms with Gasteiger partial charge in [-0.15, -0.1) is 11.3 Å². The number of ether oxygens (including phenoxy) is 2. The Morgan fingerprint density at radius 1 is 1.12 bits per heavy atom. The van der Waals surface area contributed by atoms with Crippen molar-refractivity contribution >= 4 is 40.3 Å². The third-order valence-electron chi connectivity index (χ3n) is 4.26. The number of piperidine rings is 1. The fourth-order valence-corrected chi connectivity index (χ4v) is 3.85. The first-order chi connectivity index (χ1) is 12.3. The van der Waals surface area contributed by atoms with E-state index in [1.54, 1.807) is 6.92 Å². The second-order valence-corrected chi connectivity index (χ2v) is 6.79. The van der Waals surface area contributed by atoms with Crippen LogP contribution in [0.5, 0.6) is 0 Å². The molecule has 9 nitrogen and oxygen atoms in total. The minimum Gasteiger partial charge on any atom is -0.481 e. The van der Waals surface area contributed by atoms with Crippen molar-refractivity contribution < 1.29 is 33.8 Å². The van der Waals surface area contributed by atoms with Crippen molar-refractivity contribution in [2.24, 2.45) is 5.92 Å². The van der Waals surface area contributed by atoms with Crippen molar-refractivity contribution in [2.75, 3.05) is 32.6 Å². The van der Waals surface area contributed by atoms with Crippen molar-refractivity contribution in [2.45, 2.75) is 19.8 Å². The van der Waals surface area contributed by atoms with E-state index in [1.165, 1.54) is 19.1 Å². The summed E-state index contributed by atoms with van der Waals surface area (Å²) in [5, 5.41) is 11.8. The van der Waals surface area contributed by atoms with Crippen LogP contribution in [-0.4, -0.2) is 61.3 Å². The fraction of sp³-hybridized carbons (Fsp3) is 0.500. The van der Waals surface area contributed by atoms with Crippen molar-refractivity contribution in [1.29, 1.82) is 0 Å². The molecule has 1 aromatic heterocycles. The van der Waals surface area contributed by atoms with Gasteiger partial charge < -0.3 is 19.5 Å². The maximum atomic E-state index is 12.5. The molecule has 1 aliphatic rings. The summed E-state index contributed by atoms with van der Waals surface area (Å²) in [5.41, 5.74) is 0.472. The molecule has 142 valence electrons. The summed E-state index contributed by atoms with van der Waals surface area (Å²) in [7, 11) is 2.43. The SMILES string of the molecule is COC(=O)c1sc(NC(=O)N2CCC(C(=O)O)CC2)c(C(=O)OC)c1C. The Labute approximate surface area is 153 Å². The van der Waals surface area contributed by atoms with E-state index in [0.717, 1.165) is 11.3 Å². The van der Waals surface area contributed by atoms with Crippen LogP contribution in [0.4, 0.5) is 9.80 Å².